The Morgan fingerprint density at radius 2 is 1.95 bits per heavy atom. The maximum Gasteiger partial charge on any atom is 0.00956 e. The van der Waals surface area contributed by atoms with Gasteiger partial charge in [-0.1, -0.05) is 39.3 Å². The van der Waals surface area contributed by atoms with Crippen LogP contribution in [0.25, 0.3) is 0 Å². The second-order valence-corrected chi connectivity index (χ2v) is 7.78. The van der Waals surface area contributed by atoms with Crippen LogP contribution in [0, 0.1) is 5.92 Å². The van der Waals surface area contributed by atoms with E-state index in [9.17, 15) is 0 Å². The lowest BCUT2D eigenvalue weighted by molar-refractivity contribution is 0.393. The fraction of sp³-hybridized carbons (Fsp3) is 0.684. The summed E-state index contributed by atoms with van der Waals surface area (Å²) in [5.74, 6) is 2.79. The van der Waals surface area contributed by atoms with E-state index in [0.29, 0.717) is 5.92 Å². The van der Waals surface area contributed by atoms with Crippen LogP contribution >= 0.6 is 11.8 Å². The van der Waals surface area contributed by atoms with Gasteiger partial charge < -0.3 is 5.32 Å². The molecule has 1 aromatic rings. The highest BCUT2D eigenvalue weighted by Crippen LogP contribution is 2.31. The number of hydrogen-bond acceptors (Lipinski definition) is 2. The third-order valence-electron chi connectivity index (χ3n) is 4.62. The molecule has 0 aliphatic heterocycles. The van der Waals surface area contributed by atoms with Crippen molar-refractivity contribution in [2.24, 2.45) is 5.92 Å². The average Bonchev–Trinajstić information content (AvgIpc) is 2.93. The van der Waals surface area contributed by atoms with Crippen molar-refractivity contribution in [2.75, 3.05) is 12.3 Å². The molecular formula is C19H31NS. The Morgan fingerprint density at radius 1 is 1.19 bits per heavy atom. The molecule has 0 heterocycles. The van der Waals surface area contributed by atoms with E-state index < -0.39 is 0 Å². The van der Waals surface area contributed by atoms with Gasteiger partial charge in [0.05, 0.1) is 0 Å². The molecule has 2 heteroatoms. The van der Waals surface area contributed by atoms with Crippen LogP contribution in [-0.4, -0.2) is 18.3 Å². The van der Waals surface area contributed by atoms with Gasteiger partial charge in [-0.2, -0.15) is 0 Å². The largest absolute Gasteiger partial charge is 0.314 e. The van der Waals surface area contributed by atoms with E-state index in [1.807, 2.05) is 11.8 Å². The average molecular weight is 306 g/mol. The van der Waals surface area contributed by atoms with Crippen LogP contribution in [0.3, 0.4) is 0 Å². The van der Waals surface area contributed by atoms with Crippen molar-refractivity contribution in [3.63, 3.8) is 0 Å². The van der Waals surface area contributed by atoms with E-state index >= 15 is 0 Å². The third-order valence-corrected chi connectivity index (χ3v) is 5.67. The number of hydrogen-bond donors (Lipinski definition) is 1. The lowest BCUT2D eigenvalue weighted by Crippen LogP contribution is -2.33. The van der Waals surface area contributed by atoms with Gasteiger partial charge in [0.15, 0.2) is 0 Å². The summed E-state index contributed by atoms with van der Waals surface area (Å²) in [5, 5.41) is 3.74. The van der Waals surface area contributed by atoms with Crippen LogP contribution in [0.15, 0.2) is 29.2 Å². The molecule has 1 aliphatic rings. The third kappa shape index (κ3) is 5.34. The van der Waals surface area contributed by atoms with E-state index in [4.69, 9.17) is 0 Å². The quantitative estimate of drug-likeness (QED) is 0.640. The molecule has 1 saturated carbocycles. The Bertz CT molecular complexity index is 399. The molecule has 2 unspecified atom stereocenters. The molecular weight excluding hydrogens is 274 g/mol. The highest BCUT2D eigenvalue weighted by atomic mass is 32.2. The molecule has 0 aromatic heterocycles. The van der Waals surface area contributed by atoms with Crippen LogP contribution < -0.4 is 5.32 Å². The molecule has 118 valence electrons. The zero-order valence-electron chi connectivity index (χ0n) is 13.9. The Kier molecular flexibility index (Phi) is 7.12. The monoisotopic (exact) mass is 305 g/mol. The molecule has 0 spiro atoms. The standard InChI is InChI=1S/C19H31NS/c1-4-13-20-19-7-5-6-17(19)12-14-21-18-10-8-16(9-11-18)15(2)3/h8-11,15,17,19-20H,4-7,12-14H2,1-3H3. The molecule has 1 aliphatic carbocycles. The molecule has 21 heavy (non-hydrogen) atoms. The van der Waals surface area contributed by atoms with Crippen LogP contribution in [-0.2, 0) is 0 Å². The molecule has 1 nitrogen and oxygen atoms in total. The smallest absolute Gasteiger partial charge is 0.00956 e. The first-order valence-corrected chi connectivity index (χ1v) is 9.65. The summed E-state index contributed by atoms with van der Waals surface area (Å²) in [5.41, 5.74) is 1.44. The van der Waals surface area contributed by atoms with Crippen LogP contribution in [0.5, 0.6) is 0 Å². The molecule has 0 saturated heterocycles. The van der Waals surface area contributed by atoms with E-state index in [2.05, 4.69) is 50.4 Å². The Balaban J connectivity index is 1.73. The number of thioether (sulfide) groups is 1. The number of benzene rings is 1. The molecule has 1 fully saturated rings. The van der Waals surface area contributed by atoms with Crippen LogP contribution in [0.1, 0.15) is 64.4 Å². The number of rotatable bonds is 8. The fourth-order valence-corrected chi connectivity index (χ4v) is 4.24. The van der Waals surface area contributed by atoms with Crippen molar-refractivity contribution in [1.82, 2.24) is 5.32 Å². The summed E-state index contributed by atoms with van der Waals surface area (Å²) in [7, 11) is 0. The van der Waals surface area contributed by atoms with Gasteiger partial charge in [-0.15, -0.1) is 11.8 Å². The van der Waals surface area contributed by atoms with Crippen molar-refractivity contribution in [3.05, 3.63) is 29.8 Å². The van der Waals surface area contributed by atoms with Crippen LogP contribution in [0.2, 0.25) is 0 Å². The van der Waals surface area contributed by atoms with E-state index in [1.54, 1.807) is 0 Å². The van der Waals surface area contributed by atoms with Crippen molar-refractivity contribution in [2.45, 2.75) is 69.7 Å². The molecule has 0 amide bonds. The fourth-order valence-electron chi connectivity index (χ4n) is 3.26. The summed E-state index contributed by atoms with van der Waals surface area (Å²) < 4.78 is 0. The molecule has 1 aromatic carbocycles. The maximum absolute atomic E-state index is 3.74. The summed E-state index contributed by atoms with van der Waals surface area (Å²) >= 11 is 2.03. The Hall–Kier alpha value is -0.470. The minimum Gasteiger partial charge on any atom is -0.314 e. The van der Waals surface area contributed by atoms with Gasteiger partial charge >= 0.3 is 0 Å². The van der Waals surface area contributed by atoms with E-state index in [0.717, 1.165) is 12.0 Å². The predicted molar refractivity (Wildman–Crippen MR) is 95.3 cm³/mol. The lowest BCUT2D eigenvalue weighted by atomic mass is 10.0. The van der Waals surface area contributed by atoms with Gasteiger partial charge in [0.2, 0.25) is 0 Å². The second kappa shape index (κ2) is 8.85. The second-order valence-electron chi connectivity index (χ2n) is 6.61. The summed E-state index contributed by atoms with van der Waals surface area (Å²) in [4.78, 5) is 1.43. The Labute approximate surface area is 135 Å². The van der Waals surface area contributed by atoms with Crippen molar-refractivity contribution in [3.8, 4) is 0 Å². The number of nitrogens with one attached hydrogen (secondary N) is 1. The predicted octanol–water partition coefficient (Wildman–Crippen LogP) is 5.46. The molecule has 0 radical (unpaired) electrons. The SMILES string of the molecule is CCCNC1CCCC1CCSc1ccc(C(C)C)cc1. The first kappa shape index (κ1) is 16.9. The van der Waals surface area contributed by atoms with Gasteiger partial charge in [-0.25, -0.2) is 0 Å². The van der Waals surface area contributed by atoms with Gasteiger partial charge in [0.1, 0.15) is 0 Å². The zero-order valence-corrected chi connectivity index (χ0v) is 14.7. The summed E-state index contributed by atoms with van der Waals surface area (Å²) in [6, 6.07) is 9.94. The normalized spacial score (nSPS) is 22.1. The zero-order chi connectivity index (χ0) is 15.1. The van der Waals surface area contributed by atoms with Gasteiger partial charge in [-0.3, -0.25) is 0 Å². The minimum atomic E-state index is 0.632. The van der Waals surface area contributed by atoms with E-state index in [-0.39, 0.29) is 0 Å². The highest BCUT2D eigenvalue weighted by Gasteiger charge is 2.25. The maximum atomic E-state index is 3.74. The van der Waals surface area contributed by atoms with Gasteiger partial charge in [-0.05, 0) is 67.5 Å². The molecule has 2 atom stereocenters. The molecule has 0 bridgehead atoms. The van der Waals surface area contributed by atoms with Crippen molar-refractivity contribution >= 4 is 11.8 Å². The van der Waals surface area contributed by atoms with Gasteiger partial charge in [0, 0.05) is 10.9 Å². The molecule has 2 rings (SSSR count). The highest BCUT2D eigenvalue weighted by molar-refractivity contribution is 7.99. The van der Waals surface area contributed by atoms with Gasteiger partial charge in [0.25, 0.3) is 0 Å². The minimum absolute atomic E-state index is 0.632. The Morgan fingerprint density at radius 3 is 2.62 bits per heavy atom. The molecule has 1 N–H and O–H groups in total. The summed E-state index contributed by atoms with van der Waals surface area (Å²) in [6.07, 6.45) is 6.84. The van der Waals surface area contributed by atoms with E-state index in [1.165, 1.54) is 54.9 Å². The first-order valence-electron chi connectivity index (χ1n) is 8.66. The van der Waals surface area contributed by atoms with Crippen molar-refractivity contribution < 1.29 is 0 Å². The first-order chi connectivity index (χ1) is 10.2. The lowest BCUT2D eigenvalue weighted by Gasteiger charge is -2.20. The topological polar surface area (TPSA) is 12.0 Å². The van der Waals surface area contributed by atoms with Crippen LogP contribution in [0.4, 0.5) is 0 Å². The summed E-state index contributed by atoms with van der Waals surface area (Å²) in [6.45, 7) is 7.95. The van der Waals surface area contributed by atoms with Crippen molar-refractivity contribution in [1.29, 1.82) is 0 Å².